The number of carbonyl (C=O) groups is 1. The standard InChI is InChI=1S/C24H26ClNO3/c1-16-14-17(8-9-21(16)28-3)24-11-10-18(15-22(24)26(2)13-12-24)29-23(27)19-6-4-5-7-20(19)25/h4-9,14-15,22H,10-13H2,1-3H3/t22-,24-/m0/s1. The van der Waals surface area contributed by atoms with Crippen molar-refractivity contribution in [2.24, 2.45) is 0 Å². The number of hydrogen-bond donors (Lipinski definition) is 0. The lowest BCUT2D eigenvalue weighted by Crippen LogP contribution is -2.42. The van der Waals surface area contributed by atoms with E-state index in [1.165, 1.54) is 5.56 Å². The van der Waals surface area contributed by atoms with E-state index in [0.29, 0.717) is 10.6 Å². The van der Waals surface area contributed by atoms with Crippen molar-refractivity contribution >= 4 is 17.6 Å². The van der Waals surface area contributed by atoms with Crippen molar-refractivity contribution in [3.63, 3.8) is 0 Å². The highest BCUT2D eigenvalue weighted by Crippen LogP contribution is 2.48. The zero-order valence-electron chi connectivity index (χ0n) is 17.1. The lowest BCUT2D eigenvalue weighted by atomic mass is 9.68. The minimum atomic E-state index is -0.393. The summed E-state index contributed by atoms with van der Waals surface area (Å²) in [6.45, 7) is 3.10. The third kappa shape index (κ3) is 3.56. The summed E-state index contributed by atoms with van der Waals surface area (Å²) in [4.78, 5) is 14.9. The van der Waals surface area contributed by atoms with Gasteiger partial charge in [-0.3, -0.25) is 4.90 Å². The van der Waals surface area contributed by atoms with Crippen LogP contribution in [0.4, 0.5) is 0 Å². The van der Waals surface area contributed by atoms with Gasteiger partial charge in [0, 0.05) is 17.9 Å². The fourth-order valence-electron chi connectivity index (χ4n) is 4.78. The third-order valence-corrected chi connectivity index (χ3v) is 6.73. The molecule has 0 saturated carbocycles. The molecule has 0 unspecified atom stereocenters. The molecule has 0 radical (unpaired) electrons. The highest BCUT2D eigenvalue weighted by molar-refractivity contribution is 6.33. The van der Waals surface area contributed by atoms with Gasteiger partial charge in [0.25, 0.3) is 0 Å². The maximum atomic E-state index is 12.6. The number of likely N-dealkylation sites (tertiary alicyclic amines) is 1. The zero-order valence-corrected chi connectivity index (χ0v) is 17.8. The SMILES string of the molecule is COc1ccc([C@@]23CCC(OC(=O)c4ccccc4Cl)=C[C@@H]2N(C)CC3)cc1C. The smallest absolute Gasteiger partial charge is 0.344 e. The first kappa shape index (κ1) is 20.0. The summed E-state index contributed by atoms with van der Waals surface area (Å²) in [5.41, 5.74) is 2.91. The molecule has 2 aromatic rings. The van der Waals surface area contributed by atoms with Crippen LogP contribution in [-0.2, 0) is 10.2 Å². The number of hydrogen-bond acceptors (Lipinski definition) is 4. The second-order valence-electron chi connectivity index (χ2n) is 8.02. The van der Waals surface area contributed by atoms with E-state index in [1.807, 2.05) is 0 Å². The van der Waals surface area contributed by atoms with E-state index in [0.717, 1.165) is 42.9 Å². The number of nitrogens with zero attached hydrogens (tertiary/aromatic N) is 1. The van der Waals surface area contributed by atoms with E-state index in [2.05, 4.69) is 43.1 Å². The first-order valence-corrected chi connectivity index (χ1v) is 10.4. The molecule has 2 atom stereocenters. The number of methoxy groups -OCH3 is 1. The molecule has 0 N–H and O–H groups in total. The molecule has 0 amide bonds. The molecule has 0 spiro atoms. The van der Waals surface area contributed by atoms with E-state index in [1.54, 1.807) is 31.4 Å². The number of carbonyl (C=O) groups excluding carboxylic acids is 1. The van der Waals surface area contributed by atoms with Gasteiger partial charge in [-0.1, -0.05) is 35.9 Å². The maximum Gasteiger partial charge on any atom is 0.344 e. The number of esters is 1. The van der Waals surface area contributed by atoms with Gasteiger partial charge in [0.05, 0.1) is 17.7 Å². The van der Waals surface area contributed by atoms with Crippen molar-refractivity contribution in [3.8, 4) is 5.75 Å². The van der Waals surface area contributed by atoms with Crippen LogP contribution in [0.2, 0.25) is 5.02 Å². The Kier molecular flexibility index (Phi) is 5.41. The highest BCUT2D eigenvalue weighted by Gasteiger charge is 2.48. The topological polar surface area (TPSA) is 38.8 Å². The normalized spacial score (nSPS) is 24.0. The number of fused-ring (bicyclic) bond motifs is 1. The fourth-order valence-corrected chi connectivity index (χ4v) is 5.00. The summed E-state index contributed by atoms with van der Waals surface area (Å²) in [5, 5.41) is 0.412. The average Bonchev–Trinajstić information content (AvgIpc) is 3.05. The largest absolute Gasteiger partial charge is 0.496 e. The van der Waals surface area contributed by atoms with Crippen LogP contribution in [0.1, 0.15) is 40.7 Å². The monoisotopic (exact) mass is 411 g/mol. The van der Waals surface area contributed by atoms with Crippen LogP contribution in [-0.4, -0.2) is 37.6 Å². The first-order chi connectivity index (χ1) is 13.9. The summed E-state index contributed by atoms with van der Waals surface area (Å²) < 4.78 is 11.2. The number of ether oxygens (including phenoxy) is 2. The molecule has 0 bridgehead atoms. The van der Waals surface area contributed by atoms with Crippen LogP contribution in [0.25, 0.3) is 0 Å². The Morgan fingerprint density at radius 2 is 2.00 bits per heavy atom. The Labute approximate surface area is 177 Å². The van der Waals surface area contributed by atoms with Crippen molar-refractivity contribution in [1.82, 2.24) is 4.90 Å². The molecule has 1 aliphatic heterocycles. The zero-order chi connectivity index (χ0) is 20.6. The minimum Gasteiger partial charge on any atom is -0.496 e. The molecule has 1 saturated heterocycles. The van der Waals surface area contributed by atoms with Crippen molar-refractivity contribution in [1.29, 1.82) is 0 Å². The van der Waals surface area contributed by atoms with Crippen molar-refractivity contribution in [2.45, 2.75) is 37.6 Å². The average molecular weight is 412 g/mol. The molecule has 4 nitrogen and oxygen atoms in total. The number of likely N-dealkylation sites (N-methyl/N-ethyl adjacent to an activating group) is 1. The molecule has 1 fully saturated rings. The number of aryl methyl sites for hydroxylation is 1. The first-order valence-electron chi connectivity index (χ1n) is 9.97. The van der Waals surface area contributed by atoms with Gasteiger partial charge in [0.15, 0.2) is 0 Å². The summed E-state index contributed by atoms with van der Waals surface area (Å²) in [5.74, 6) is 1.25. The Hall–Kier alpha value is -2.30. The molecule has 5 heteroatoms. The Bertz CT molecular complexity index is 970. The van der Waals surface area contributed by atoms with Gasteiger partial charge >= 0.3 is 5.97 Å². The van der Waals surface area contributed by atoms with Crippen molar-refractivity contribution in [2.75, 3.05) is 20.7 Å². The Morgan fingerprint density at radius 1 is 1.21 bits per heavy atom. The molecule has 1 heterocycles. The van der Waals surface area contributed by atoms with Crippen LogP contribution in [0.5, 0.6) is 5.75 Å². The van der Waals surface area contributed by atoms with Gasteiger partial charge in [-0.2, -0.15) is 0 Å². The van der Waals surface area contributed by atoms with Gasteiger partial charge in [-0.15, -0.1) is 0 Å². The van der Waals surface area contributed by atoms with Crippen molar-refractivity contribution in [3.05, 3.63) is 76.0 Å². The third-order valence-electron chi connectivity index (χ3n) is 6.40. The summed E-state index contributed by atoms with van der Waals surface area (Å²) >= 11 is 6.15. The maximum absolute atomic E-state index is 12.6. The van der Waals surface area contributed by atoms with E-state index in [9.17, 15) is 4.79 Å². The van der Waals surface area contributed by atoms with Crippen LogP contribution in [0.3, 0.4) is 0 Å². The van der Waals surface area contributed by atoms with E-state index >= 15 is 0 Å². The van der Waals surface area contributed by atoms with Gasteiger partial charge < -0.3 is 9.47 Å². The van der Waals surface area contributed by atoms with Crippen LogP contribution in [0, 0.1) is 6.92 Å². The predicted octanol–water partition coefficient (Wildman–Crippen LogP) is 5.13. The molecule has 29 heavy (non-hydrogen) atoms. The van der Waals surface area contributed by atoms with Gasteiger partial charge in [0.2, 0.25) is 0 Å². The second-order valence-corrected chi connectivity index (χ2v) is 8.43. The molecule has 1 aliphatic carbocycles. The molecule has 2 aliphatic rings. The molecule has 4 rings (SSSR count). The Morgan fingerprint density at radius 3 is 2.72 bits per heavy atom. The van der Waals surface area contributed by atoms with Gasteiger partial charge in [-0.05, 0) is 68.8 Å². The summed E-state index contributed by atoms with van der Waals surface area (Å²) in [6, 6.07) is 13.7. The number of benzene rings is 2. The Balaban J connectivity index is 1.62. The minimum absolute atomic E-state index is 0.0338. The molecule has 152 valence electrons. The quantitative estimate of drug-likeness (QED) is 0.653. The van der Waals surface area contributed by atoms with Crippen LogP contribution >= 0.6 is 11.6 Å². The summed E-state index contributed by atoms with van der Waals surface area (Å²) in [7, 11) is 3.84. The van der Waals surface area contributed by atoms with Crippen molar-refractivity contribution < 1.29 is 14.3 Å². The molecule has 0 aromatic heterocycles. The second kappa shape index (κ2) is 7.85. The van der Waals surface area contributed by atoms with E-state index in [-0.39, 0.29) is 11.5 Å². The van der Waals surface area contributed by atoms with Crippen LogP contribution < -0.4 is 4.74 Å². The van der Waals surface area contributed by atoms with Gasteiger partial charge in [-0.25, -0.2) is 4.79 Å². The molecular weight excluding hydrogens is 386 g/mol. The molecular formula is C24H26ClNO3. The lowest BCUT2D eigenvalue weighted by molar-refractivity contribution is 0.0593. The number of allylic oxidation sites excluding steroid dienone is 1. The van der Waals surface area contributed by atoms with Crippen LogP contribution in [0.15, 0.2) is 54.3 Å². The summed E-state index contributed by atoms with van der Waals surface area (Å²) in [6.07, 6.45) is 4.88. The van der Waals surface area contributed by atoms with Gasteiger partial charge in [0.1, 0.15) is 11.5 Å². The fraction of sp³-hybridized carbons (Fsp3) is 0.375. The predicted molar refractivity (Wildman–Crippen MR) is 115 cm³/mol. The molecule has 2 aromatic carbocycles. The number of rotatable bonds is 4. The lowest BCUT2D eigenvalue weighted by Gasteiger charge is -2.40. The highest BCUT2D eigenvalue weighted by atomic mass is 35.5. The van der Waals surface area contributed by atoms with E-state index in [4.69, 9.17) is 21.1 Å². The van der Waals surface area contributed by atoms with E-state index < -0.39 is 5.97 Å². The number of halogens is 1.